The Labute approximate surface area is 319 Å². The van der Waals surface area contributed by atoms with E-state index in [4.69, 9.17) is 15.1 Å². The maximum Gasteiger partial charge on any atom is 0.160 e. The summed E-state index contributed by atoms with van der Waals surface area (Å²) in [7, 11) is 0. The van der Waals surface area contributed by atoms with Gasteiger partial charge in [0.2, 0.25) is 0 Å². The first-order chi connectivity index (χ1) is 27.3. The van der Waals surface area contributed by atoms with Gasteiger partial charge in [-0.3, -0.25) is 0 Å². The number of fused-ring (bicyclic) bond motifs is 3. The van der Waals surface area contributed by atoms with E-state index in [0.717, 1.165) is 89.1 Å². The molecule has 7 aromatic carbocycles. The van der Waals surface area contributed by atoms with Crippen molar-refractivity contribution in [2.45, 2.75) is 0 Å². The Kier molecular flexibility index (Phi) is 8.12. The van der Waals surface area contributed by atoms with Crippen LogP contribution in [0.3, 0.4) is 0 Å². The van der Waals surface area contributed by atoms with Gasteiger partial charge in [-0.2, -0.15) is 5.10 Å². The molecule has 0 bridgehead atoms. The summed E-state index contributed by atoms with van der Waals surface area (Å²) < 4.78 is 2.14. The van der Waals surface area contributed by atoms with Crippen molar-refractivity contribution in [1.82, 2.24) is 19.6 Å². The van der Waals surface area contributed by atoms with Crippen LogP contribution in [0.5, 0.6) is 0 Å². The number of hydrogen-bond donors (Lipinski definition) is 0. The summed E-state index contributed by atoms with van der Waals surface area (Å²) in [6.07, 6.45) is 0. The minimum Gasteiger partial charge on any atom is -0.231 e. The third-order valence-electron chi connectivity index (χ3n) is 10.2. The van der Waals surface area contributed by atoms with Gasteiger partial charge in [-0.15, -0.1) is 0 Å². The maximum absolute atomic E-state index is 5.41. The van der Waals surface area contributed by atoms with Crippen molar-refractivity contribution < 1.29 is 0 Å². The first kappa shape index (κ1) is 32.2. The quantitative estimate of drug-likeness (QED) is 0.166. The molecule has 0 spiro atoms. The van der Waals surface area contributed by atoms with E-state index in [1.165, 1.54) is 0 Å². The summed E-state index contributed by atoms with van der Waals surface area (Å²) in [6, 6.07) is 71.9. The van der Waals surface area contributed by atoms with E-state index in [1.54, 1.807) is 0 Å². The minimum atomic E-state index is 0.694. The van der Waals surface area contributed by atoms with E-state index in [2.05, 4.69) is 180 Å². The molecule has 0 aliphatic heterocycles. The van der Waals surface area contributed by atoms with Crippen LogP contribution < -0.4 is 0 Å². The van der Waals surface area contributed by atoms with Gasteiger partial charge in [0.1, 0.15) is 5.69 Å². The maximum atomic E-state index is 5.41. The summed E-state index contributed by atoms with van der Waals surface area (Å²) >= 11 is 0. The standard InChI is InChI=1S/C51H34N4/c1-6-18-36(19-7-1)46-49(40-24-12-4-13-25-40)54-55-44(34-42-28-16-17-29-43(42)50(46)55)35-30-32-37(33-31-35)45-47(38-20-8-2-9-21-38)52-51(41-26-14-5-15-27-41)53-48(45)39-22-10-3-11-23-39/h1-34H. The number of rotatable bonds is 7. The summed E-state index contributed by atoms with van der Waals surface area (Å²) in [5.74, 6) is 0.694. The fraction of sp³-hybridized carbons (Fsp3) is 0. The summed E-state index contributed by atoms with van der Waals surface area (Å²) in [5.41, 5.74) is 14.3. The summed E-state index contributed by atoms with van der Waals surface area (Å²) in [6.45, 7) is 0. The Hall–Kier alpha value is -7.43. The van der Waals surface area contributed by atoms with Crippen molar-refractivity contribution in [3.8, 4) is 78.7 Å². The van der Waals surface area contributed by atoms with Gasteiger partial charge in [0.25, 0.3) is 0 Å². The number of pyridine rings is 1. The molecule has 10 rings (SSSR count). The molecule has 4 heteroatoms. The topological polar surface area (TPSA) is 43.1 Å². The van der Waals surface area contributed by atoms with Crippen LogP contribution in [0.2, 0.25) is 0 Å². The van der Waals surface area contributed by atoms with Crippen molar-refractivity contribution >= 4 is 16.3 Å². The lowest BCUT2D eigenvalue weighted by Crippen LogP contribution is -2.01. The zero-order valence-corrected chi connectivity index (χ0v) is 29.9. The lowest BCUT2D eigenvalue weighted by Gasteiger charge is -2.17. The average Bonchev–Trinajstić information content (AvgIpc) is 3.69. The molecule has 0 atom stereocenters. The fourth-order valence-corrected chi connectivity index (χ4v) is 7.64. The molecule has 0 saturated carbocycles. The minimum absolute atomic E-state index is 0.694. The third kappa shape index (κ3) is 5.87. The largest absolute Gasteiger partial charge is 0.231 e. The lowest BCUT2D eigenvalue weighted by atomic mass is 9.93. The summed E-state index contributed by atoms with van der Waals surface area (Å²) in [5, 5.41) is 7.73. The van der Waals surface area contributed by atoms with E-state index >= 15 is 0 Å². The van der Waals surface area contributed by atoms with Crippen molar-refractivity contribution in [2.75, 3.05) is 0 Å². The predicted octanol–water partition coefficient (Wildman–Crippen LogP) is 12.9. The SMILES string of the molecule is c1ccc(-c2nc(-c3ccccc3)c(-c3ccc(-c4cc5ccccc5c5c(-c6ccccc6)c(-c6ccccc6)nn45)cc3)c(-c3ccccc3)n2)cc1. The smallest absolute Gasteiger partial charge is 0.160 e. The van der Waals surface area contributed by atoms with Crippen LogP contribution in [0.15, 0.2) is 206 Å². The van der Waals surface area contributed by atoms with E-state index < -0.39 is 0 Å². The molecule has 0 amide bonds. The lowest BCUT2D eigenvalue weighted by molar-refractivity contribution is 0.979. The van der Waals surface area contributed by atoms with Gasteiger partial charge in [-0.05, 0) is 22.6 Å². The number of nitrogens with zero attached hydrogens (tertiary/aromatic N) is 4. The Balaban J connectivity index is 1.21. The second kappa shape index (κ2) is 13.8. The number of aromatic nitrogens is 4. The average molecular weight is 703 g/mol. The molecule has 0 saturated heterocycles. The molecule has 10 aromatic rings. The van der Waals surface area contributed by atoms with Crippen molar-refractivity contribution in [2.24, 2.45) is 0 Å². The monoisotopic (exact) mass is 702 g/mol. The van der Waals surface area contributed by atoms with Gasteiger partial charge < -0.3 is 0 Å². The molecule has 258 valence electrons. The number of benzene rings is 7. The molecule has 0 unspecified atom stereocenters. The van der Waals surface area contributed by atoms with Crippen LogP contribution in [0.1, 0.15) is 0 Å². The molecule has 3 heterocycles. The second-order valence-corrected chi connectivity index (χ2v) is 13.6. The highest BCUT2D eigenvalue weighted by Crippen LogP contribution is 2.43. The van der Waals surface area contributed by atoms with Gasteiger partial charge >= 0.3 is 0 Å². The zero-order chi connectivity index (χ0) is 36.6. The fourth-order valence-electron chi connectivity index (χ4n) is 7.64. The van der Waals surface area contributed by atoms with Crippen molar-refractivity contribution in [3.05, 3.63) is 206 Å². The Bertz CT molecular complexity index is 2860. The van der Waals surface area contributed by atoms with E-state index in [-0.39, 0.29) is 0 Å². The molecule has 0 N–H and O–H groups in total. The molecule has 55 heavy (non-hydrogen) atoms. The highest BCUT2D eigenvalue weighted by molar-refractivity contribution is 6.08. The zero-order valence-electron chi connectivity index (χ0n) is 29.9. The van der Waals surface area contributed by atoms with Crippen LogP contribution in [-0.4, -0.2) is 19.6 Å². The summed E-state index contributed by atoms with van der Waals surface area (Å²) in [4.78, 5) is 10.6. The molecule has 0 aliphatic carbocycles. The normalized spacial score (nSPS) is 11.3. The van der Waals surface area contributed by atoms with Crippen molar-refractivity contribution in [3.63, 3.8) is 0 Å². The Morgan fingerprint density at radius 1 is 0.327 bits per heavy atom. The predicted molar refractivity (Wildman–Crippen MR) is 226 cm³/mol. The first-order valence-electron chi connectivity index (χ1n) is 18.5. The molecule has 3 aromatic heterocycles. The van der Waals surface area contributed by atoms with Crippen LogP contribution >= 0.6 is 0 Å². The Morgan fingerprint density at radius 2 is 0.745 bits per heavy atom. The second-order valence-electron chi connectivity index (χ2n) is 13.6. The van der Waals surface area contributed by atoms with Gasteiger partial charge in [-0.25, -0.2) is 14.5 Å². The first-order valence-corrected chi connectivity index (χ1v) is 18.5. The van der Waals surface area contributed by atoms with Gasteiger partial charge in [-0.1, -0.05) is 200 Å². The van der Waals surface area contributed by atoms with E-state index in [9.17, 15) is 0 Å². The molecule has 0 fully saturated rings. The van der Waals surface area contributed by atoms with Gasteiger partial charge in [0, 0.05) is 44.3 Å². The molecule has 0 radical (unpaired) electrons. The molecule has 0 aliphatic rings. The molecular formula is C51H34N4. The highest BCUT2D eigenvalue weighted by atomic mass is 15.2. The van der Waals surface area contributed by atoms with Gasteiger partial charge in [0.15, 0.2) is 5.82 Å². The number of hydrogen-bond acceptors (Lipinski definition) is 3. The van der Waals surface area contributed by atoms with E-state index in [1.807, 2.05) is 30.3 Å². The van der Waals surface area contributed by atoms with Crippen molar-refractivity contribution in [1.29, 1.82) is 0 Å². The third-order valence-corrected chi connectivity index (χ3v) is 10.2. The van der Waals surface area contributed by atoms with E-state index in [0.29, 0.717) is 5.82 Å². The Morgan fingerprint density at radius 3 is 1.29 bits per heavy atom. The van der Waals surface area contributed by atoms with Crippen LogP contribution in [0.25, 0.3) is 95.0 Å². The van der Waals surface area contributed by atoms with Gasteiger partial charge in [0.05, 0.1) is 22.6 Å². The van der Waals surface area contributed by atoms with Crippen LogP contribution in [0, 0.1) is 0 Å². The molecular weight excluding hydrogens is 669 g/mol. The highest BCUT2D eigenvalue weighted by Gasteiger charge is 2.23. The van der Waals surface area contributed by atoms with Crippen LogP contribution in [-0.2, 0) is 0 Å². The molecule has 4 nitrogen and oxygen atoms in total. The van der Waals surface area contributed by atoms with Crippen LogP contribution in [0.4, 0.5) is 0 Å².